The molecule has 0 spiro atoms. The van der Waals surface area contributed by atoms with Gasteiger partial charge in [-0.15, -0.1) is 18.3 Å². The molecule has 0 saturated heterocycles. The third-order valence-corrected chi connectivity index (χ3v) is 3.21. The highest BCUT2D eigenvalue weighted by molar-refractivity contribution is 5.59. The highest BCUT2D eigenvalue weighted by Gasteiger charge is 2.30. The van der Waals surface area contributed by atoms with Crippen molar-refractivity contribution in [3.63, 3.8) is 0 Å². The lowest BCUT2D eigenvalue weighted by Gasteiger charge is -2.08. The first-order valence-corrected chi connectivity index (χ1v) is 6.87. The number of halogens is 3. The Morgan fingerprint density at radius 3 is 2.12 bits per heavy atom. The first-order chi connectivity index (χ1) is 11.4. The van der Waals surface area contributed by atoms with Crippen LogP contribution in [-0.4, -0.2) is 28.5 Å². The summed E-state index contributed by atoms with van der Waals surface area (Å²) in [5, 5.41) is 8.04. The van der Waals surface area contributed by atoms with Crippen LogP contribution in [0.1, 0.15) is 0 Å². The van der Waals surface area contributed by atoms with Gasteiger partial charge in [-0.05, 0) is 48.5 Å². The van der Waals surface area contributed by atoms with E-state index < -0.39 is 6.36 Å². The van der Waals surface area contributed by atoms with Gasteiger partial charge in [-0.2, -0.15) is 0 Å². The summed E-state index contributed by atoms with van der Waals surface area (Å²) in [6.07, 6.45) is -3.03. The number of alkyl halides is 3. The second kappa shape index (κ2) is 6.23. The van der Waals surface area contributed by atoms with Gasteiger partial charge in [0.25, 0.3) is 0 Å². The van der Waals surface area contributed by atoms with Crippen LogP contribution < -0.4 is 9.47 Å². The summed E-state index contributed by atoms with van der Waals surface area (Å²) >= 11 is 0. The van der Waals surface area contributed by atoms with E-state index in [1.807, 2.05) is 12.1 Å². The second-order valence-corrected chi connectivity index (χ2v) is 4.82. The van der Waals surface area contributed by atoms with Gasteiger partial charge in [0.05, 0.1) is 19.0 Å². The predicted molar refractivity (Wildman–Crippen MR) is 80.0 cm³/mol. The van der Waals surface area contributed by atoms with Gasteiger partial charge in [-0.25, -0.2) is 4.68 Å². The molecule has 0 aliphatic carbocycles. The van der Waals surface area contributed by atoms with Crippen molar-refractivity contribution < 1.29 is 22.6 Å². The molecule has 3 rings (SSSR count). The molecule has 1 heterocycles. The topological polar surface area (TPSA) is 49.2 Å². The van der Waals surface area contributed by atoms with Gasteiger partial charge >= 0.3 is 6.36 Å². The van der Waals surface area contributed by atoms with Gasteiger partial charge < -0.3 is 9.47 Å². The molecule has 124 valence electrons. The van der Waals surface area contributed by atoms with Gasteiger partial charge in [0, 0.05) is 5.56 Å². The lowest BCUT2D eigenvalue weighted by molar-refractivity contribution is -0.274. The second-order valence-electron chi connectivity index (χ2n) is 4.82. The van der Waals surface area contributed by atoms with E-state index in [0.29, 0.717) is 11.4 Å². The van der Waals surface area contributed by atoms with E-state index >= 15 is 0 Å². The molecule has 0 fully saturated rings. The normalized spacial score (nSPS) is 11.3. The highest BCUT2D eigenvalue weighted by Crippen LogP contribution is 2.24. The first-order valence-electron chi connectivity index (χ1n) is 6.87. The standard InChI is InChI=1S/C16H12F3N3O2/c1-23-13-6-2-11(3-7-13)15-10-22(21-20-15)12-4-8-14(9-5-12)24-16(17,18)19/h2-10H,1H3. The Bertz CT molecular complexity index is 812. The zero-order valence-electron chi connectivity index (χ0n) is 12.5. The first kappa shape index (κ1) is 15.9. The lowest BCUT2D eigenvalue weighted by atomic mass is 10.1. The molecule has 0 radical (unpaired) electrons. The number of nitrogens with zero attached hydrogens (tertiary/aromatic N) is 3. The van der Waals surface area contributed by atoms with Crippen LogP contribution in [0.25, 0.3) is 16.9 Å². The monoisotopic (exact) mass is 335 g/mol. The van der Waals surface area contributed by atoms with Gasteiger partial charge in [0.15, 0.2) is 0 Å². The highest BCUT2D eigenvalue weighted by atomic mass is 19.4. The van der Waals surface area contributed by atoms with E-state index in [2.05, 4.69) is 15.0 Å². The number of hydrogen-bond acceptors (Lipinski definition) is 4. The molecule has 0 N–H and O–H groups in total. The molecule has 1 aromatic heterocycles. The van der Waals surface area contributed by atoms with Gasteiger partial charge in [0.1, 0.15) is 17.2 Å². The summed E-state index contributed by atoms with van der Waals surface area (Å²) in [6, 6.07) is 12.7. The van der Waals surface area contributed by atoms with Crippen molar-refractivity contribution in [3.05, 3.63) is 54.7 Å². The largest absolute Gasteiger partial charge is 0.573 e. The van der Waals surface area contributed by atoms with E-state index in [1.54, 1.807) is 25.4 Å². The van der Waals surface area contributed by atoms with Crippen molar-refractivity contribution >= 4 is 0 Å². The fourth-order valence-electron chi connectivity index (χ4n) is 2.08. The van der Waals surface area contributed by atoms with Crippen molar-refractivity contribution in [3.8, 4) is 28.4 Å². The number of aromatic nitrogens is 3. The van der Waals surface area contributed by atoms with E-state index in [-0.39, 0.29) is 5.75 Å². The molecule has 0 bridgehead atoms. The maximum absolute atomic E-state index is 12.2. The number of benzene rings is 2. The molecular weight excluding hydrogens is 323 g/mol. The lowest BCUT2D eigenvalue weighted by Crippen LogP contribution is -2.17. The summed E-state index contributed by atoms with van der Waals surface area (Å²) in [7, 11) is 1.58. The van der Waals surface area contributed by atoms with Crippen LogP contribution in [0.15, 0.2) is 54.7 Å². The number of hydrogen-bond donors (Lipinski definition) is 0. The van der Waals surface area contributed by atoms with E-state index in [1.165, 1.54) is 28.9 Å². The van der Waals surface area contributed by atoms with E-state index in [4.69, 9.17) is 4.74 Å². The maximum atomic E-state index is 12.2. The predicted octanol–water partition coefficient (Wildman–Crippen LogP) is 3.84. The molecule has 8 heteroatoms. The van der Waals surface area contributed by atoms with Crippen LogP contribution in [0.5, 0.6) is 11.5 Å². The summed E-state index contributed by atoms with van der Waals surface area (Å²) in [6.45, 7) is 0. The Kier molecular flexibility index (Phi) is 4.11. The van der Waals surface area contributed by atoms with Gasteiger partial charge in [-0.3, -0.25) is 0 Å². The SMILES string of the molecule is COc1ccc(-c2cn(-c3ccc(OC(F)(F)F)cc3)nn2)cc1. The summed E-state index contributed by atoms with van der Waals surface area (Å²) in [4.78, 5) is 0. The Morgan fingerprint density at radius 2 is 1.54 bits per heavy atom. The minimum absolute atomic E-state index is 0.290. The third-order valence-electron chi connectivity index (χ3n) is 3.21. The van der Waals surface area contributed by atoms with Crippen LogP contribution >= 0.6 is 0 Å². The van der Waals surface area contributed by atoms with Crippen LogP contribution in [0, 0.1) is 0 Å². The van der Waals surface area contributed by atoms with Crippen molar-refractivity contribution in [2.45, 2.75) is 6.36 Å². The zero-order valence-corrected chi connectivity index (χ0v) is 12.5. The molecule has 2 aromatic carbocycles. The Hall–Kier alpha value is -3.03. The minimum atomic E-state index is -4.71. The fraction of sp³-hybridized carbons (Fsp3) is 0.125. The molecule has 5 nitrogen and oxygen atoms in total. The third kappa shape index (κ3) is 3.65. The molecule has 24 heavy (non-hydrogen) atoms. The van der Waals surface area contributed by atoms with Gasteiger partial charge in [-0.1, -0.05) is 5.21 Å². The molecule has 0 unspecified atom stereocenters. The molecule has 0 amide bonds. The van der Waals surface area contributed by atoms with E-state index in [0.717, 1.165) is 11.3 Å². The fourth-order valence-corrected chi connectivity index (χ4v) is 2.08. The molecular formula is C16H12F3N3O2. The summed E-state index contributed by atoms with van der Waals surface area (Å²) in [5.74, 6) is 0.438. The Labute approximate surface area is 135 Å². The van der Waals surface area contributed by atoms with Crippen molar-refractivity contribution in [2.75, 3.05) is 7.11 Å². The number of methoxy groups -OCH3 is 1. The zero-order chi connectivity index (χ0) is 17.2. The maximum Gasteiger partial charge on any atom is 0.573 e. The summed E-state index contributed by atoms with van der Waals surface area (Å²) < 4.78 is 46.8. The number of rotatable bonds is 4. The van der Waals surface area contributed by atoms with Crippen LogP contribution in [0.3, 0.4) is 0 Å². The minimum Gasteiger partial charge on any atom is -0.497 e. The van der Waals surface area contributed by atoms with Crippen LogP contribution in [0.2, 0.25) is 0 Å². The Morgan fingerprint density at radius 1 is 0.917 bits per heavy atom. The van der Waals surface area contributed by atoms with Crippen LogP contribution in [-0.2, 0) is 0 Å². The van der Waals surface area contributed by atoms with Crippen molar-refractivity contribution in [1.82, 2.24) is 15.0 Å². The quantitative estimate of drug-likeness (QED) is 0.727. The number of ether oxygens (including phenoxy) is 2. The molecule has 0 aliphatic heterocycles. The smallest absolute Gasteiger partial charge is 0.497 e. The Balaban J connectivity index is 1.79. The molecule has 3 aromatic rings. The van der Waals surface area contributed by atoms with Crippen LogP contribution in [0.4, 0.5) is 13.2 Å². The molecule has 0 atom stereocenters. The van der Waals surface area contributed by atoms with Gasteiger partial charge in [0.2, 0.25) is 0 Å². The van der Waals surface area contributed by atoms with Crippen molar-refractivity contribution in [1.29, 1.82) is 0 Å². The van der Waals surface area contributed by atoms with Crippen molar-refractivity contribution in [2.24, 2.45) is 0 Å². The summed E-state index contributed by atoms with van der Waals surface area (Å²) in [5.41, 5.74) is 2.05. The molecule has 0 aliphatic rings. The van der Waals surface area contributed by atoms with E-state index in [9.17, 15) is 13.2 Å². The molecule has 0 saturated carbocycles. The average Bonchev–Trinajstić information content (AvgIpc) is 3.04. The average molecular weight is 335 g/mol.